The van der Waals surface area contributed by atoms with Crippen LogP contribution in [0.3, 0.4) is 0 Å². The minimum Gasteiger partial charge on any atom is -0.497 e. The maximum Gasteiger partial charge on any atom is 0.318 e. The van der Waals surface area contributed by atoms with Crippen LogP contribution in [0.5, 0.6) is 17.2 Å². The van der Waals surface area contributed by atoms with E-state index in [0.29, 0.717) is 40.4 Å². The second-order valence-corrected chi connectivity index (χ2v) is 9.45. The number of fused-ring (bicyclic) bond motifs is 2. The highest BCUT2D eigenvalue weighted by molar-refractivity contribution is 5.86. The lowest BCUT2D eigenvalue weighted by atomic mass is 9.63. The number of ether oxygens (including phenoxy) is 4. The first kappa shape index (κ1) is 26.3. The first-order valence-electron chi connectivity index (χ1n) is 12.0. The van der Waals surface area contributed by atoms with E-state index in [1.807, 2.05) is 24.3 Å². The van der Waals surface area contributed by atoms with Gasteiger partial charge in [-0.05, 0) is 59.9 Å². The fourth-order valence-electron chi connectivity index (χ4n) is 5.90. The summed E-state index contributed by atoms with van der Waals surface area (Å²) in [5, 5.41) is 22.2. The molecule has 2 aliphatic carbocycles. The number of carboxylic acids is 1. The average Bonchev–Trinajstić information content (AvgIpc) is 3.18. The number of aliphatic carboxylic acids is 1. The number of carbonyl (C=O) groups excluding carboxylic acids is 1. The topological polar surface area (TPSA) is 112 Å². The van der Waals surface area contributed by atoms with E-state index in [4.69, 9.17) is 18.9 Å². The summed E-state index contributed by atoms with van der Waals surface area (Å²) in [7, 11) is 4.63. The van der Waals surface area contributed by atoms with E-state index in [9.17, 15) is 19.8 Å². The van der Waals surface area contributed by atoms with Gasteiger partial charge in [-0.15, -0.1) is 0 Å². The molecule has 0 heterocycles. The van der Waals surface area contributed by atoms with Crippen LogP contribution in [0.4, 0.5) is 0 Å². The third kappa shape index (κ3) is 4.46. The normalized spacial score (nSPS) is 26.8. The van der Waals surface area contributed by atoms with E-state index in [1.165, 1.54) is 21.1 Å². The summed E-state index contributed by atoms with van der Waals surface area (Å²) in [6.45, 7) is 2.99. The third-order valence-electron chi connectivity index (χ3n) is 7.60. The first-order valence-corrected chi connectivity index (χ1v) is 12.0. The molecule has 2 aliphatic rings. The van der Waals surface area contributed by atoms with Crippen molar-refractivity contribution in [2.24, 2.45) is 11.3 Å². The molecular weight excluding hydrogens is 476 g/mol. The van der Waals surface area contributed by atoms with E-state index in [0.717, 1.165) is 5.56 Å². The largest absolute Gasteiger partial charge is 0.497 e. The summed E-state index contributed by atoms with van der Waals surface area (Å²) in [4.78, 5) is 25.5. The number of aliphatic hydroxyl groups is 1. The monoisotopic (exact) mass is 508 g/mol. The van der Waals surface area contributed by atoms with Crippen molar-refractivity contribution >= 4 is 18.0 Å². The smallest absolute Gasteiger partial charge is 0.318 e. The van der Waals surface area contributed by atoms with Crippen LogP contribution in [0.1, 0.15) is 37.3 Å². The Labute approximate surface area is 216 Å². The van der Waals surface area contributed by atoms with Gasteiger partial charge in [-0.2, -0.15) is 0 Å². The predicted octanol–water partition coefficient (Wildman–Crippen LogP) is 4.22. The quantitative estimate of drug-likeness (QED) is 0.510. The van der Waals surface area contributed by atoms with Crippen molar-refractivity contribution in [3.05, 3.63) is 70.8 Å². The summed E-state index contributed by atoms with van der Waals surface area (Å²) >= 11 is 0. The Morgan fingerprint density at radius 1 is 0.946 bits per heavy atom. The number of rotatable bonds is 8. The second-order valence-electron chi connectivity index (χ2n) is 9.45. The van der Waals surface area contributed by atoms with Crippen molar-refractivity contribution < 1.29 is 38.7 Å². The lowest BCUT2D eigenvalue weighted by Crippen LogP contribution is -2.52. The van der Waals surface area contributed by atoms with Crippen LogP contribution in [0.2, 0.25) is 0 Å². The number of hydrogen-bond donors (Lipinski definition) is 2. The molecule has 37 heavy (non-hydrogen) atoms. The van der Waals surface area contributed by atoms with Crippen molar-refractivity contribution in [1.29, 1.82) is 0 Å². The molecule has 0 aromatic heterocycles. The summed E-state index contributed by atoms with van der Waals surface area (Å²) in [6.07, 6.45) is 1.75. The first-order chi connectivity index (χ1) is 17.7. The average molecular weight is 509 g/mol. The lowest BCUT2D eigenvalue weighted by molar-refractivity contribution is -0.168. The molecule has 0 saturated heterocycles. The van der Waals surface area contributed by atoms with Gasteiger partial charge in [0.15, 0.2) is 0 Å². The number of carbonyl (C=O) groups is 2. The molecule has 5 atom stereocenters. The van der Waals surface area contributed by atoms with Crippen molar-refractivity contribution in [3.63, 3.8) is 0 Å². The number of hydrogen-bond acceptors (Lipinski definition) is 7. The molecule has 0 radical (unpaired) electrons. The minimum absolute atomic E-state index is 0.291. The van der Waals surface area contributed by atoms with Crippen LogP contribution in [0.25, 0.3) is 6.08 Å². The third-order valence-corrected chi connectivity index (χ3v) is 7.60. The number of benzene rings is 2. The van der Waals surface area contributed by atoms with E-state index < -0.39 is 41.4 Å². The molecule has 2 aromatic rings. The van der Waals surface area contributed by atoms with Gasteiger partial charge in [0.25, 0.3) is 0 Å². The molecule has 2 N–H and O–H groups in total. The Morgan fingerprint density at radius 3 is 2.05 bits per heavy atom. The van der Waals surface area contributed by atoms with Gasteiger partial charge in [0, 0.05) is 24.8 Å². The standard InChI is InChI=1S/C29H32O8/c1-16-24(11-8-18-6-9-20(34-3)10-7-18)29(28(32)33)25(15-23(26(16)31)27(29)37-17(2)30)19-12-21(35-4)14-22(13-19)36-5/h6-14,23,25-27,31H,15H2,1-5H3,(H,32,33)/b11-8+. The minimum atomic E-state index is -1.64. The molecule has 0 amide bonds. The number of aliphatic hydroxyl groups excluding tert-OH is 1. The van der Waals surface area contributed by atoms with Crippen LogP contribution >= 0.6 is 0 Å². The molecule has 0 aliphatic heterocycles. The van der Waals surface area contributed by atoms with Gasteiger partial charge in [0.2, 0.25) is 0 Å². The fraction of sp³-hybridized carbons (Fsp3) is 0.379. The number of allylic oxidation sites excluding steroid dienone is 1. The molecule has 2 aromatic carbocycles. The molecule has 4 rings (SSSR count). The Hall–Kier alpha value is -3.78. The van der Waals surface area contributed by atoms with Crippen LogP contribution < -0.4 is 14.2 Å². The zero-order valence-electron chi connectivity index (χ0n) is 21.6. The molecule has 1 fully saturated rings. The van der Waals surface area contributed by atoms with Crippen molar-refractivity contribution in [2.75, 3.05) is 21.3 Å². The van der Waals surface area contributed by atoms with Gasteiger partial charge in [-0.1, -0.05) is 24.3 Å². The van der Waals surface area contributed by atoms with Crippen molar-refractivity contribution in [1.82, 2.24) is 0 Å². The number of esters is 1. The SMILES string of the molecule is COc1ccc(/C=C/C2=C(C)C(O)C3CC(c4cc(OC)cc(OC)c4)C2(C(=O)O)C3OC(C)=O)cc1. The maximum absolute atomic E-state index is 13.4. The maximum atomic E-state index is 13.4. The molecule has 8 heteroatoms. The summed E-state index contributed by atoms with van der Waals surface area (Å²) in [5.74, 6) is -1.24. The summed E-state index contributed by atoms with van der Waals surface area (Å²) in [6, 6.07) is 12.6. The number of carboxylic acid groups (broad SMARTS) is 1. The van der Waals surface area contributed by atoms with Gasteiger partial charge in [-0.25, -0.2) is 0 Å². The van der Waals surface area contributed by atoms with Gasteiger partial charge in [-0.3, -0.25) is 9.59 Å². The molecule has 1 saturated carbocycles. The van der Waals surface area contributed by atoms with Crippen molar-refractivity contribution in [3.8, 4) is 17.2 Å². The molecule has 0 spiro atoms. The molecule has 8 nitrogen and oxygen atoms in total. The second kappa shape index (κ2) is 10.3. The van der Waals surface area contributed by atoms with E-state index in [2.05, 4.69) is 0 Å². The predicted molar refractivity (Wildman–Crippen MR) is 137 cm³/mol. The van der Waals surface area contributed by atoms with Gasteiger partial charge < -0.3 is 29.2 Å². The van der Waals surface area contributed by atoms with Crippen molar-refractivity contribution in [2.45, 2.75) is 38.4 Å². The van der Waals surface area contributed by atoms with Crippen LogP contribution in [0, 0.1) is 11.3 Å². The van der Waals surface area contributed by atoms with Crippen LogP contribution in [-0.2, 0) is 14.3 Å². The van der Waals surface area contributed by atoms with Gasteiger partial charge >= 0.3 is 11.9 Å². The van der Waals surface area contributed by atoms with Gasteiger partial charge in [0.05, 0.1) is 27.4 Å². The zero-order valence-corrected chi connectivity index (χ0v) is 21.6. The molecular formula is C29H32O8. The highest BCUT2D eigenvalue weighted by Gasteiger charge is 2.68. The van der Waals surface area contributed by atoms with Crippen LogP contribution in [0.15, 0.2) is 59.7 Å². The lowest BCUT2D eigenvalue weighted by Gasteiger charge is -2.43. The van der Waals surface area contributed by atoms with E-state index in [1.54, 1.807) is 44.4 Å². The van der Waals surface area contributed by atoms with E-state index in [-0.39, 0.29) is 0 Å². The fourth-order valence-corrected chi connectivity index (χ4v) is 5.90. The summed E-state index contributed by atoms with van der Waals surface area (Å²) < 4.78 is 21.8. The Balaban J connectivity index is 1.93. The zero-order chi connectivity index (χ0) is 26.9. The van der Waals surface area contributed by atoms with Gasteiger partial charge in [0.1, 0.15) is 28.8 Å². The highest BCUT2D eigenvalue weighted by Crippen LogP contribution is 2.63. The molecule has 2 bridgehead atoms. The number of methoxy groups -OCH3 is 3. The summed E-state index contributed by atoms with van der Waals surface area (Å²) in [5.41, 5.74) is 0.795. The Morgan fingerprint density at radius 2 is 1.54 bits per heavy atom. The molecule has 196 valence electrons. The highest BCUT2D eigenvalue weighted by atomic mass is 16.5. The van der Waals surface area contributed by atoms with E-state index >= 15 is 0 Å². The van der Waals surface area contributed by atoms with Crippen LogP contribution in [-0.4, -0.2) is 55.7 Å². The Kier molecular flexibility index (Phi) is 7.32. The Bertz CT molecular complexity index is 1220. The molecule has 5 unspecified atom stereocenters.